The molecule has 1 rings (SSSR count). The third-order valence-corrected chi connectivity index (χ3v) is 1.90. The van der Waals surface area contributed by atoms with Gasteiger partial charge in [-0.15, -0.1) is 0 Å². The number of ether oxygens (including phenoxy) is 1. The van der Waals surface area contributed by atoms with Gasteiger partial charge in [0.25, 0.3) is 6.43 Å². The number of pyridine rings is 1. The second-order valence-corrected chi connectivity index (χ2v) is 2.82. The van der Waals surface area contributed by atoms with Crippen molar-refractivity contribution >= 4 is 0 Å². The molecule has 0 bridgehead atoms. The quantitative estimate of drug-likeness (QED) is 0.785. The number of aromatic nitrogens is 1. The average molecular weight is 223 g/mol. The van der Waals surface area contributed by atoms with Crippen molar-refractivity contribution in [3.8, 4) is 18.0 Å². The first-order chi connectivity index (χ1) is 7.63. The maximum Gasteiger partial charge on any atom is 0.265 e. The summed E-state index contributed by atoms with van der Waals surface area (Å²) in [6.07, 6.45) is -3.01. The van der Waals surface area contributed by atoms with Crippen LogP contribution in [-0.4, -0.2) is 12.1 Å². The maximum absolute atomic E-state index is 12.6. The number of rotatable bonds is 3. The Morgan fingerprint density at radius 2 is 2.19 bits per heavy atom. The highest BCUT2D eigenvalue weighted by atomic mass is 19.3. The number of hydrogen-bond donors (Lipinski definition) is 0. The molecule has 0 spiro atoms. The molecular weight excluding hydrogens is 216 g/mol. The van der Waals surface area contributed by atoms with Crippen molar-refractivity contribution < 1.29 is 13.5 Å². The van der Waals surface area contributed by atoms with Gasteiger partial charge in [-0.05, 0) is 0 Å². The Bertz CT molecular complexity index is 474. The molecule has 82 valence electrons. The van der Waals surface area contributed by atoms with Crippen LogP contribution >= 0.6 is 0 Å². The summed E-state index contributed by atoms with van der Waals surface area (Å²) in [6.45, 7) is 0. The highest BCUT2D eigenvalue weighted by Gasteiger charge is 2.19. The number of halogens is 2. The van der Waals surface area contributed by atoms with E-state index >= 15 is 0 Å². The predicted octanol–water partition coefficient (Wildman–Crippen LogP) is 1.97. The van der Waals surface area contributed by atoms with Gasteiger partial charge in [0.05, 0.1) is 30.9 Å². The van der Waals surface area contributed by atoms with E-state index in [1.165, 1.54) is 7.11 Å². The molecule has 0 atom stereocenters. The third-order valence-electron chi connectivity index (χ3n) is 1.90. The summed E-state index contributed by atoms with van der Waals surface area (Å²) in [5, 5.41) is 17.3. The van der Waals surface area contributed by atoms with E-state index in [0.29, 0.717) is 0 Å². The van der Waals surface area contributed by atoms with Crippen molar-refractivity contribution in [1.29, 1.82) is 10.5 Å². The lowest BCUT2D eigenvalue weighted by Crippen LogP contribution is -2.02. The number of nitrogens with zero attached hydrogens (tertiary/aromatic N) is 3. The second kappa shape index (κ2) is 5.04. The van der Waals surface area contributed by atoms with Crippen molar-refractivity contribution in [3.05, 3.63) is 22.9 Å². The van der Waals surface area contributed by atoms with Crippen LogP contribution in [0.3, 0.4) is 0 Å². The first kappa shape index (κ1) is 11.9. The van der Waals surface area contributed by atoms with Crippen molar-refractivity contribution in [2.24, 2.45) is 0 Å². The molecule has 0 aromatic carbocycles. The van der Waals surface area contributed by atoms with Crippen LogP contribution in [0.1, 0.15) is 23.2 Å². The molecule has 0 aliphatic carbocycles. The summed E-state index contributed by atoms with van der Waals surface area (Å²) < 4.78 is 30.0. The van der Waals surface area contributed by atoms with Gasteiger partial charge in [0, 0.05) is 11.6 Å². The van der Waals surface area contributed by atoms with Gasteiger partial charge < -0.3 is 4.74 Å². The van der Waals surface area contributed by atoms with Gasteiger partial charge in [-0.3, -0.25) is 0 Å². The Labute approximate surface area is 90.7 Å². The first-order valence-electron chi connectivity index (χ1n) is 4.27. The van der Waals surface area contributed by atoms with Crippen LogP contribution in [0.4, 0.5) is 8.78 Å². The highest BCUT2D eigenvalue weighted by Crippen LogP contribution is 2.27. The maximum atomic E-state index is 12.6. The van der Waals surface area contributed by atoms with Gasteiger partial charge >= 0.3 is 0 Å². The molecule has 16 heavy (non-hydrogen) atoms. The minimum absolute atomic E-state index is 0.0136. The molecule has 0 aliphatic heterocycles. The fourth-order valence-electron chi connectivity index (χ4n) is 1.20. The van der Waals surface area contributed by atoms with Crippen LogP contribution in [0.15, 0.2) is 6.07 Å². The van der Waals surface area contributed by atoms with Crippen LogP contribution in [0, 0.1) is 22.7 Å². The number of methoxy groups -OCH3 is 1. The zero-order valence-corrected chi connectivity index (χ0v) is 8.37. The van der Waals surface area contributed by atoms with Crippen LogP contribution in [0.2, 0.25) is 0 Å². The van der Waals surface area contributed by atoms with E-state index in [-0.39, 0.29) is 23.6 Å². The van der Waals surface area contributed by atoms with Gasteiger partial charge in [0.15, 0.2) is 0 Å². The van der Waals surface area contributed by atoms with Gasteiger partial charge in [0.2, 0.25) is 5.88 Å². The number of hydrogen-bond acceptors (Lipinski definition) is 4. The molecule has 6 heteroatoms. The smallest absolute Gasteiger partial charge is 0.265 e. The lowest BCUT2D eigenvalue weighted by Gasteiger charge is -2.08. The molecule has 0 saturated carbocycles. The number of nitriles is 2. The van der Waals surface area contributed by atoms with Crippen LogP contribution in [-0.2, 0) is 6.42 Å². The van der Waals surface area contributed by atoms with Gasteiger partial charge in [-0.2, -0.15) is 10.5 Å². The molecule has 1 aromatic rings. The lowest BCUT2D eigenvalue weighted by atomic mass is 10.1. The SMILES string of the molecule is COc1cc(C(F)F)c(C#N)c(CC#N)n1. The Morgan fingerprint density at radius 1 is 1.50 bits per heavy atom. The average Bonchev–Trinajstić information content (AvgIpc) is 2.28. The fourth-order valence-corrected chi connectivity index (χ4v) is 1.20. The Kier molecular flexibility index (Phi) is 3.73. The van der Waals surface area contributed by atoms with Crippen molar-refractivity contribution in [3.63, 3.8) is 0 Å². The topological polar surface area (TPSA) is 69.7 Å². The third kappa shape index (κ3) is 2.23. The molecule has 0 aliphatic rings. The van der Waals surface area contributed by atoms with E-state index in [1.54, 1.807) is 12.1 Å². The molecule has 0 radical (unpaired) electrons. The Morgan fingerprint density at radius 3 is 2.62 bits per heavy atom. The summed E-state index contributed by atoms with van der Waals surface area (Å²) in [5.41, 5.74) is -0.698. The highest BCUT2D eigenvalue weighted by molar-refractivity contribution is 5.45. The summed E-state index contributed by atoms with van der Waals surface area (Å²) in [6, 6.07) is 4.40. The van der Waals surface area contributed by atoms with Crippen molar-refractivity contribution in [2.75, 3.05) is 7.11 Å². The van der Waals surface area contributed by atoms with E-state index in [4.69, 9.17) is 15.3 Å². The minimum Gasteiger partial charge on any atom is -0.481 e. The number of alkyl halides is 2. The minimum atomic E-state index is -2.80. The van der Waals surface area contributed by atoms with Crippen LogP contribution < -0.4 is 4.74 Å². The van der Waals surface area contributed by atoms with Gasteiger partial charge in [-0.25, -0.2) is 13.8 Å². The Hall–Kier alpha value is -2.21. The van der Waals surface area contributed by atoms with E-state index in [1.807, 2.05) is 0 Å². The summed E-state index contributed by atoms with van der Waals surface area (Å²) in [4.78, 5) is 3.79. The zero-order valence-electron chi connectivity index (χ0n) is 8.37. The molecule has 4 nitrogen and oxygen atoms in total. The molecule has 1 heterocycles. The molecule has 0 fully saturated rings. The van der Waals surface area contributed by atoms with Crippen molar-refractivity contribution in [1.82, 2.24) is 4.98 Å². The van der Waals surface area contributed by atoms with Crippen LogP contribution in [0.25, 0.3) is 0 Å². The fraction of sp³-hybridized carbons (Fsp3) is 0.300. The summed E-state index contributed by atoms with van der Waals surface area (Å²) >= 11 is 0. The molecule has 0 amide bonds. The van der Waals surface area contributed by atoms with Crippen LogP contribution in [0.5, 0.6) is 5.88 Å². The molecule has 0 unspecified atom stereocenters. The zero-order chi connectivity index (χ0) is 12.1. The van der Waals surface area contributed by atoms with Crippen molar-refractivity contribution in [2.45, 2.75) is 12.8 Å². The second-order valence-electron chi connectivity index (χ2n) is 2.82. The van der Waals surface area contributed by atoms with Gasteiger partial charge in [-0.1, -0.05) is 0 Å². The Balaban J connectivity index is 3.43. The molecular formula is C10H7F2N3O. The van der Waals surface area contributed by atoms with E-state index < -0.39 is 12.0 Å². The van der Waals surface area contributed by atoms with E-state index in [0.717, 1.165) is 6.07 Å². The largest absolute Gasteiger partial charge is 0.481 e. The lowest BCUT2D eigenvalue weighted by molar-refractivity contribution is 0.150. The summed E-state index contributed by atoms with van der Waals surface area (Å²) in [5.74, 6) is -0.0282. The first-order valence-corrected chi connectivity index (χ1v) is 4.27. The van der Waals surface area contributed by atoms with E-state index in [2.05, 4.69) is 4.98 Å². The molecule has 0 saturated heterocycles. The standard InChI is InChI=1S/C10H7F2N3O/c1-16-9-4-6(10(11)12)7(5-14)8(15-9)2-3-13/h4,10H,2H2,1H3. The molecule has 1 aromatic heterocycles. The summed E-state index contributed by atoms with van der Waals surface area (Å²) in [7, 11) is 1.28. The molecule has 0 N–H and O–H groups in total. The van der Waals surface area contributed by atoms with E-state index in [9.17, 15) is 8.78 Å². The monoisotopic (exact) mass is 223 g/mol. The van der Waals surface area contributed by atoms with Gasteiger partial charge in [0.1, 0.15) is 6.07 Å². The predicted molar refractivity (Wildman–Crippen MR) is 49.8 cm³/mol. The normalized spacial score (nSPS) is 9.62.